The Bertz CT molecular complexity index is 1260. The molecule has 182 valence electrons. The summed E-state index contributed by atoms with van der Waals surface area (Å²) >= 11 is 0. The Labute approximate surface area is 204 Å². The number of carbonyl (C=O) groups is 2. The van der Waals surface area contributed by atoms with Gasteiger partial charge in [0, 0.05) is 24.5 Å². The van der Waals surface area contributed by atoms with Crippen molar-refractivity contribution >= 4 is 17.8 Å². The Morgan fingerprint density at radius 2 is 1.97 bits per heavy atom. The number of piperidine rings is 1. The molecule has 2 aliphatic heterocycles. The van der Waals surface area contributed by atoms with Gasteiger partial charge in [-0.25, -0.2) is 19.0 Å². The van der Waals surface area contributed by atoms with Crippen LogP contribution in [-0.2, 0) is 16.9 Å². The molecule has 1 fully saturated rings. The van der Waals surface area contributed by atoms with E-state index in [-0.39, 0.29) is 30.7 Å². The highest BCUT2D eigenvalue weighted by atomic mass is 19.1. The van der Waals surface area contributed by atoms with E-state index in [0.717, 1.165) is 11.3 Å². The summed E-state index contributed by atoms with van der Waals surface area (Å²) in [6, 6.07) is 15.2. The van der Waals surface area contributed by atoms with Gasteiger partial charge in [-0.05, 0) is 49.4 Å². The molecule has 1 saturated heterocycles. The van der Waals surface area contributed by atoms with Crippen molar-refractivity contribution in [2.45, 2.75) is 57.7 Å². The van der Waals surface area contributed by atoms with Crippen LogP contribution in [0.15, 0.2) is 60.8 Å². The molecule has 35 heavy (non-hydrogen) atoms. The third-order valence-corrected chi connectivity index (χ3v) is 7.00. The fourth-order valence-corrected chi connectivity index (χ4v) is 5.22. The van der Waals surface area contributed by atoms with Crippen molar-refractivity contribution in [1.29, 1.82) is 0 Å². The number of rotatable bonds is 4. The minimum atomic E-state index is -0.784. The largest absolute Gasteiger partial charge is 0.445 e. The van der Waals surface area contributed by atoms with Crippen molar-refractivity contribution in [3.8, 4) is 0 Å². The van der Waals surface area contributed by atoms with Crippen LogP contribution in [0.5, 0.6) is 0 Å². The molecule has 2 aromatic carbocycles. The number of imidazole rings is 1. The molecule has 1 spiro atoms. The lowest BCUT2D eigenvalue weighted by Crippen LogP contribution is -2.56. The molecule has 8 heteroatoms. The number of likely N-dealkylation sites (tertiary alicyclic amines) is 1. The Morgan fingerprint density at radius 3 is 2.66 bits per heavy atom. The maximum Gasteiger partial charge on any atom is 0.410 e. The van der Waals surface area contributed by atoms with Crippen LogP contribution in [0.2, 0.25) is 0 Å². The zero-order valence-corrected chi connectivity index (χ0v) is 20.1. The van der Waals surface area contributed by atoms with E-state index in [9.17, 15) is 14.0 Å². The van der Waals surface area contributed by atoms with Gasteiger partial charge < -0.3 is 9.64 Å². The molecule has 0 aliphatic carbocycles. The average molecular weight is 477 g/mol. The predicted octanol–water partition coefficient (Wildman–Crippen LogP) is 5.65. The predicted molar refractivity (Wildman–Crippen MR) is 130 cm³/mol. The molecule has 0 N–H and O–H groups in total. The summed E-state index contributed by atoms with van der Waals surface area (Å²) in [5, 5.41) is 0. The average Bonchev–Trinajstić information content (AvgIpc) is 3.37. The standard InChI is InChI=1S/C27H29FN4O3/c1-18(2)23-16-31-24(29-23)27(32(25(31)33)22-11-7-10-21(28)14-22)12-13-30(19(3)15-27)26(34)35-17-20-8-5-4-6-9-20/h4-11,14,16,18-19H,12-13,15,17H2,1-3H3/t19?,27-/m0/s1. The van der Waals surface area contributed by atoms with Gasteiger partial charge >= 0.3 is 12.1 Å². The van der Waals surface area contributed by atoms with E-state index in [4.69, 9.17) is 9.72 Å². The normalized spacial score (nSPS) is 21.6. The van der Waals surface area contributed by atoms with Crippen LogP contribution >= 0.6 is 0 Å². The van der Waals surface area contributed by atoms with Gasteiger partial charge in [-0.3, -0.25) is 9.47 Å². The first-order valence-corrected chi connectivity index (χ1v) is 12.0. The van der Waals surface area contributed by atoms with Crippen LogP contribution in [0.4, 0.5) is 19.7 Å². The highest BCUT2D eigenvalue weighted by Crippen LogP contribution is 2.48. The topological polar surface area (TPSA) is 67.7 Å². The Kier molecular flexibility index (Phi) is 5.83. The van der Waals surface area contributed by atoms with Crippen molar-refractivity contribution in [2.24, 2.45) is 0 Å². The molecule has 0 saturated carbocycles. The summed E-state index contributed by atoms with van der Waals surface area (Å²) in [5.74, 6) is 0.401. The van der Waals surface area contributed by atoms with E-state index < -0.39 is 11.4 Å². The zero-order valence-electron chi connectivity index (χ0n) is 20.1. The van der Waals surface area contributed by atoms with Crippen LogP contribution < -0.4 is 4.90 Å². The second-order valence-electron chi connectivity index (χ2n) is 9.68. The molecule has 5 rings (SSSR count). The number of amides is 2. The number of aromatic nitrogens is 2. The summed E-state index contributed by atoms with van der Waals surface area (Å²) in [6.45, 7) is 6.61. The minimum Gasteiger partial charge on any atom is -0.445 e. The first-order chi connectivity index (χ1) is 16.8. The van der Waals surface area contributed by atoms with E-state index in [0.29, 0.717) is 30.9 Å². The first kappa shape index (κ1) is 23.1. The van der Waals surface area contributed by atoms with Crippen molar-refractivity contribution in [3.63, 3.8) is 0 Å². The van der Waals surface area contributed by atoms with Crippen molar-refractivity contribution in [1.82, 2.24) is 14.5 Å². The molecule has 7 nitrogen and oxygen atoms in total. The molecule has 2 aliphatic rings. The fraction of sp³-hybridized carbons (Fsp3) is 0.370. The van der Waals surface area contributed by atoms with E-state index in [2.05, 4.69) is 0 Å². The molecule has 0 bridgehead atoms. The lowest BCUT2D eigenvalue weighted by atomic mass is 9.82. The SMILES string of the molecule is CC(C)c1cn2c(n1)[C@@]1(CCN(C(=O)OCc3ccccc3)C(C)C1)N(c1cccc(F)c1)C2=O. The number of carbonyl (C=O) groups excluding carboxylic acids is 2. The van der Waals surface area contributed by atoms with Gasteiger partial charge in [-0.15, -0.1) is 0 Å². The summed E-state index contributed by atoms with van der Waals surface area (Å²) in [6.07, 6.45) is 2.33. The molecule has 1 unspecified atom stereocenters. The van der Waals surface area contributed by atoms with Gasteiger partial charge in [0.05, 0.1) is 5.69 Å². The number of benzene rings is 2. The maximum atomic E-state index is 14.2. The maximum absolute atomic E-state index is 14.2. The van der Waals surface area contributed by atoms with E-state index in [1.807, 2.05) is 51.1 Å². The zero-order chi connectivity index (χ0) is 24.7. The molecule has 3 aromatic rings. The van der Waals surface area contributed by atoms with Crippen molar-refractivity contribution < 1.29 is 18.7 Å². The smallest absolute Gasteiger partial charge is 0.410 e. The highest BCUT2D eigenvalue weighted by Gasteiger charge is 2.56. The first-order valence-electron chi connectivity index (χ1n) is 12.0. The minimum absolute atomic E-state index is 0.158. The Hall–Kier alpha value is -3.68. The molecular formula is C27H29FN4O3. The van der Waals surface area contributed by atoms with E-state index >= 15 is 0 Å². The van der Waals surface area contributed by atoms with Crippen LogP contribution in [0.3, 0.4) is 0 Å². The number of nitrogens with zero attached hydrogens (tertiary/aromatic N) is 4. The number of anilines is 1. The lowest BCUT2D eigenvalue weighted by molar-refractivity contribution is 0.0553. The van der Waals surface area contributed by atoms with Crippen LogP contribution in [-0.4, -0.2) is 39.2 Å². The molecule has 0 radical (unpaired) electrons. The second kappa shape index (κ2) is 8.83. The van der Waals surface area contributed by atoms with Gasteiger partial charge in [-0.2, -0.15) is 0 Å². The Balaban J connectivity index is 1.45. The molecular weight excluding hydrogens is 447 g/mol. The van der Waals surface area contributed by atoms with Crippen molar-refractivity contribution in [3.05, 3.63) is 83.7 Å². The van der Waals surface area contributed by atoms with Gasteiger partial charge in [0.15, 0.2) is 0 Å². The molecule has 2 amide bonds. The van der Waals surface area contributed by atoms with Gasteiger partial charge in [0.2, 0.25) is 0 Å². The lowest BCUT2D eigenvalue weighted by Gasteiger charge is -2.46. The molecule has 2 atom stereocenters. The number of hydrogen-bond acceptors (Lipinski definition) is 4. The summed E-state index contributed by atoms with van der Waals surface area (Å²) in [7, 11) is 0. The molecule has 3 heterocycles. The third kappa shape index (κ3) is 3.96. The van der Waals surface area contributed by atoms with Crippen LogP contribution in [0.1, 0.15) is 56.6 Å². The van der Waals surface area contributed by atoms with Crippen LogP contribution in [0.25, 0.3) is 0 Å². The monoisotopic (exact) mass is 476 g/mol. The highest BCUT2D eigenvalue weighted by molar-refractivity contribution is 5.99. The van der Waals surface area contributed by atoms with Gasteiger partial charge in [0.25, 0.3) is 0 Å². The summed E-state index contributed by atoms with van der Waals surface area (Å²) in [4.78, 5) is 34.8. The van der Waals surface area contributed by atoms with E-state index in [1.54, 1.807) is 32.7 Å². The third-order valence-electron chi connectivity index (χ3n) is 7.00. The summed E-state index contributed by atoms with van der Waals surface area (Å²) in [5.41, 5.74) is 1.46. The number of ether oxygens (including phenoxy) is 1. The second-order valence-corrected chi connectivity index (χ2v) is 9.68. The number of halogens is 1. The fourth-order valence-electron chi connectivity index (χ4n) is 5.22. The number of hydrogen-bond donors (Lipinski definition) is 0. The quantitative estimate of drug-likeness (QED) is 0.488. The van der Waals surface area contributed by atoms with Gasteiger partial charge in [-0.1, -0.05) is 50.2 Å². The van der Waals surface area contributed by atoms with Crippen molar-refractivity contribution in [2.75, 3.05) is 11.4 Å². The summed E-state index contributed by atoms with van der Waals surface area (Å²) < 4.78 is 21.3. The molecule has 1 aromatic heterocycles. The van der Waals surface area contributed by atoms with E-state index in [1.165, 1.54) is 12.1 Å². The Morgan fingerprint density at radius 1 is 1.20 bits per heavy atom. The number of fused-ring (bicyclic) bond motifs is 2. The van der Waals surface area contributed by atoms with Gasteiger partial charge in [0.1, 0.15) is 23.8 Å². The van der Waals surface area contributed by atoms with Crippen LogP contribution in [0, 0.1) is 5.82 Å².